The molecule has 56 heavy (non-hydrogen) atoms. The maximum absolute atomic E-state index is 2.70. The third kappa shape index (κ3) is 4.19. The van der Waals surface area contributed by atoms with Gasteiger partial charge in [0, 0.05) is 43.1 Å². The lowest BCUT2D eigenvalue weighted by Gasteiger charge is -2.42. The Morgan fingerprint density at radius 1 is 0.375 bits per heavy atom. The molecule has 2 nitrogen and oxygen atoms in total. The molecule has 2 aliphatic rings. The molecule has 0 saturated carbocycles. The molecule has 0 spiro atoms. The van der Waals surface area contributed by atoms with Gasteiger partial charge in [0.1, 0.15) is 0 Å². The molecule has 0 unspecified atom stereocenters. The second kappa shape index (κ2) is 10.0. The number of hydrogen-bond donors (Lipinski definition) is 0. The quantitative estimate of drug-likeness (QED) is 0.147. The average Bonchev–Trinajstić information content (AvgIpc) is 3.82. The Balaban J connectivity index is 1.48. The van der Waals surface area contributed by atoms with Gasteiger partial charge < -0.3 is 8.80 Å². The van der Waals surface area contributed by atoms with Crippen molar-refractivity contribution in [3.8, 4) is 0 Å². The van der Waals surface area contributed by atoms with E-state index < -0.39 is 0 Å². The molecule has 0 amide bonds. The molecule has 0 bridgehead atoms. The summed E-state index contributed by atoms with van der Waals surface area (Å²) in [5, 5.41) is 11.4. The van der Waals surface area contributed by atoms with Gasteiger partial charge >= 0.3 is 0 Å². The molecule has 11 rings (SSSR count). The van der Waals surface area contributed by atoms with Crippen molar-refractivity contribution in [2.24, 2.45) is 0 Å². The smallest absolute Gasteiger partial charge is 0.0634 e. The summed E-state index contributed by atoms with van der Waals surface area (Å²) in [6, 6.07) is 25.4. The van der Waals surface area contributed by atoms with Gasteiger partial charge in [-0.15, -0.1) is 0 Å². The number of aromatic nitrogens is 2. The Morgan fingerprint density at radius 2 is 0.661 bits per heavy atom. The van der Waals surface area contributed by atoms with Crippen LogP contribution in [0, 0.1) is 0 Å². The molecule has 0 radical (unpaired) electrons. The van der Waals surface area contributed by atoms with Crippen LogP contribution < -0.4 is 0 Å². The highest BCUT2D eigenvalue weighted by Crippen LogP contribution is 2.56. The molecule has 0 aliphatic heterocycles. The van der Waals surface area contributed by atoms with Crippen molar-refractivity contribution in [1.82, 2.24) is 8.80 Å². The largest absolute Gasteiger partial charge is 0.308 e. The maximum atomic E-state index is 2.70. The standard InChI is InChI=1S/C54H60N2/c1-49(2,3)29-15-17-39-31(23-29)43-45-33-25-35-38(54(13,14)22-19-51(35,7)8)28-42(33)56-40-18-16-30(50(4,5)6)24-32(40)44(48(45)56)46-34-26-36-37(27-41(34)55(39)47(43)46)53(11,12)21-20-52(36,9)10/h15-18,23-28H,19-22H2,1-14H3. The molecular weight excluding hydrogens is 677 g/mol. The van der Waals surface area contributed by atoms with Crippen molar-refractivity contribution in [1.29, 1.82) is 0 Å². The Bertz CT molecular complexity index is 2970. The van der Waals surface area contributed by atoms with E-state index in [1.165, 1.54) is 135 Å². The number of fused-ring (bicyclic) bond motifs is 16. The fraction of sp³-hybridized carbons (Fsp3) is 0.444. The highest BCUT2D eigenvalue weighted by molar-refractivity contribution is 6.45. The molecule has 0 N–H and O–H groups in total. The summed E-state index contributed by atoms with van der Waals surface area (Å²) in [6.45, 7) is 34.0. The van der Waals surface area contributed by atoms with Crippen molar-refractivity contribution in [3.05, 3.63) is 94.0 Å². The number of benzene rings is 5. The Hall–Kier alpha value is -4.30. The Labute approximate surface area is 332 Å². The lowest BCUT2D eigenvalue weighted by molar-refractivity contribution is 0.332. The highest BCUT2D eigenvalue weighted by atomic mass is 14.9. The van der Waals surface area contributed by atoms with Crippen LogP contribution in [0.5, 0.6) is 0 Å². The molecule has 2 heteroatoms. The van der Waals surface area contributed by atoms with Gasteiger partial charge in [-0.25, -0.2) is 0 Å². The van der Waals surface area contributed by atoms with Gasteiger partial charge in [0.25, 0.3) is 0 Å². The Kier molecular flexibility index (Phi) is 6.26. The summed E-state index contributed by atoms with van der Waals surface area (Å²) in [5.74, 6) is 0. The van der Waals surface area contributed by atoms with E-state index in [1.807, 2.05) is 0 Å². The second-order valence-corrected chi connectivity index (χ2v) is 23.2. The summed E-state index contributed by atoms with van der Waals surface area (Å²) >= 11 is 0. The minimum atomic E-state index is 0.0391. The zero-order chi connectivity index (χ0) is 39.6. The normalized spacial score (nSPS) is 19.5. The average molecular weight is 737 g/mol. The van der Waals surface area contributed by atoms with Gasteiger partial charge in [-0.2, -0.15) is 0 Å². The van der Waals surface area contributed by atoms with Crippen LogP contribution in [-0.2, 0) is 32.5 Å². The van der Waals surface area contributed by atoms with Crippen molar-refractivity contribution in [2.45, 2.75) is 155 Å². The van der Waals surface area contributed by atoms with Crippen LogP contribution in [0.15, 0.2) is 60.7 Å². The van der Waals surface area contributed by atoms with Crippen LogP contribution in [0.4, 0.5) is 0 Å². The predicted molar refractivity (Wildman–Crippen MR) is 244 cm³/mol. The maximum Gasteiger partial charge on any atom is 0.0634 e. The van der Waals surface area contributed by atoms with E-state index in [4.69, 9.17) is 0 Å². The number of nitrogens with zero attached hydrogens (tertiary/aromatic N) is 2. The monoisotopic (exact) mass is 736 g/mol. The molecule has 4 heterocycles. The zero-order valence-corrected chi connectivity index (χ0v) is 36.5. The van der Waals surface area contributed by atoms with E-state index in [1.54, 1.807) is 0 Å². The lowest BCUT2D eigenvalue weighted by Crippen LogP contribution is -2.33. The Morgan fingerprint density at radius 3 is 0.964 bits per heavy atom. The molecule has 9 aromatic rings. The fourth-order valence-electron chi connectivity index (χ4n) is 11.7. The van der Waals surface area contributed by atoms with Crippen LogP contribution in [-0.4, -0.2) is 8.80 Å². The predicted octanol–water partition coefficient (Wildman–Crippen LogP) is 15.3. The van der Waals surface area contributed by atoms with Crippen LogP contribution in [0.2, 0.25) is 0 Å². The lowest BCUT2D eigenvalue weighted by atomic mass is 9.63. The van der Waals surface area contributed by atoms with Gasteiger partial charge in [0.05, 0.1) is 33.1 Å². The van der Waals surface area contributed by atoms with E-state index in [0.29, 0.717) is 0 Å². The van der Waals surface area contributed by atoms with Gasteiger partial charge in [0.2, 0.25) is 0 Å². The SMILES string of the molecule is CC(C)(C)c1ccc2c(c1)c1c3c4cc5c(cc4n4c6ccc(C(C)(C)C)cc6c(c6c7cc8c(cc7n2c16)C(C)(C)CCC8(C)C)c34)C(C)(C)CCC5(C)C. The van der Waals surface area contributed by atoms with Crippen LogP contribution in [0.25, 0.3) is 76.2 Å². The summed E-state index contributed by atoms with van der Waals surface area (Å²) in [6.07, 6.45) is 4.84. The van der Waals surface area contributed by atoms with Crippen LogP contribution >= 0.6 is 0 Å². The summed E-state index contributed by atoms with van der Waals surface area (Å²) in [5.41, 5.74) is 17.7. The second-order valence-electron chi connectivity index (χ2n) is 23.2. The summed E-state index contributed by atoms with van der Waals surface area (Å²) in [4.78, 5) is 0. The van der Waals surface area contributed by atoms with Crippen molar-refractivity contribution in [2.75, 3.05) is 0 Å². The third-order valence-corrected chi connectivity index (χ3v) is 15.6. The molecule has 286 valence electrons. The van der Waals surface area contributed by atoms with Gasteiger partial charge in [-0.1, -0.05) is 109 Å². The minimum Gasteiger partial charge on any atom is -0.308 e. The van der Waals surface area contributed by atoms with E-state index in [0.717, 1.165) is 0 Å². The molecular formula is C54H60N2. The molecule has 5 aromatic carbocycles. The van der Waals surface area contributed by atoms with Crippen molar-refractivity contribution in [3.63, 3.8) is 0 Å². The van der Waals surface area contributed by atoms with Gasteiger partial charge in [-0.05, 0) is 140 Å². The summed E-state index contributed by atoms with van der Waals surface area (Å²) < 4.78 is 5.41. The van der Waals surface area contributed by atoms with Crippen molar-refractivity contribution >= 4 is 76.2 Å². The number of rotatable bonds is 0. The fourth-order valence-corrected chi connectivity index (χ4v) is 11.7. The zero-order valence-electron chi connectivity index (χ0n) is 36.5. The van der Waals surface area contributed by atoms with Crippen LogP contribution in [0.3, 0.4) is 0 Å². The first-order valence-electron chi connectivity index (χ1n) is 21.5. The summed E-state index contributed by atoms with van der Waals surface area (Å²) in [7, 11) is 0. The third-order valence-electron chi connectivity index (χ3n) is 15.6. The van der Waals surface area contributed by atoms with Crippen molar-refractivity contribution < 1.29 is 0 Å². The molecule has 2 aliphatic carbocycles. The minimum absolute atomic E-state index is 0.0391. The molecule has 0 atom stereocenters. The first-order valence-corrected chi connectivity index (χ1v) is 21.5. The van der Waals surface area contributed by atoms with E-state index in [9.17, 15) is 0 Å². The molecule has 0 saturated heterocycles. The van der Waals surface area contributed by atoms with E-state index in [-0.39, 0.29) is 32.5 Å². The van der Waals surface area contributed by atoms with E-state index in [2.05, 4.69) is 166 Å². The molecule has 0 fully saturated rings. The van der Waals surface area contributed by atoms with E-state index >= 15 is 0 Å². The number of hydrogen-bond acceptors (Lipinski definition) is 0. The van der Waals surface area contributed by atoms with Crippen LogP contribution in [0.1, 0.15) is 156 Å². The molecule has 4 aromatic heterocycles. The van der Waals surface area contributed by atoms with Gasteiger partial charge in [-0.3, -0.25) is 0 Å². The first-order chi connectivity index (χ1) is 26.0. The highest BCUT2D eigenvalue weighted by Gasteiger charge is 2.41. The first kappa shape index (κ1) is 34.9. The van der Waals surface area contributed by atoms with Gasteiger partial charge in [0.15, 0.2) is 0 Å². The topological polar surface area (TPSA) is 8.82 Å².